The lowest BCUT2D eigenvalue weighted by atomic mass is 9.87. The van der Waals surface area contributed by atoms with E-state index in [0.29, 0.717) is 11.5 Å². The van der Waals surface area contributed by atoms with Crippen LogP contribution in [-0.4, -0.2) is 30.7 Å². The number of para-hydroxylation sites is 2. The van der Waals surface area contributed by atoms with Gasteiger partial charge >= 0.3 is 5.97 Å². The van der Waals surface area contributed by atoms with Crippen LogP contribution in [0.25, 0.3) is 0 Å². The molecule has 1 aliphatic carbocycles. The molecule has 0 unspecified atom stereocenters. The number of rotatable bonds is 4. The molecule has 3 atom stereocenters. The first kappa shape index (κ1) is 18.3. The predicted molar refractivity (Wildman–Crippen MR) is 102 cm³/mol. The van der Waals surface area contributed by atoms with E-state index in [9.17, 15) is 9.59 Å². The average Bonchev–Trinajstić information content (AvgIpc) is 2.73. The van der Waals surface area contributed by atoms with Gasteiger partial charge in [0, 0.05) is 0 Å². The Labute approximate surface area is 163 Å². The van der Waals surface area contributed by atoms with E-state index in [1.54, 1.807) is 25.1 Å². The van der Waals surface area contributed by atoms with Gasteiger partial charge in [-0.15, -0.1) is 0 Å². The fourth-order valence-electron chi connectivity index (χ4n) is 3.63. The molecule has 1 amide bonds. The summed E-state index contributed by atoms with van der Waals surface area (Å²) in [6.07, 6.45) is 1.11. The molecular formula is C22H23NO5. The molecule has 0 saturated heterocycles. The molecule has 2 aromatic rings. The van der Waals surface area contributed by atoms with E-state index < -0.39 is 18.2 Å². The van der Waals surface area contributed by atoms with Crippen LogP contribution in [0.1, 0.15) is 36.9 Å². The van der Waals surface area contributed by atoms with Gasteiger partial charge < -0.3 is 19.5 Å². The van der Waals surface area contributed by atoms with Gasteiger partial charge in [0.05, 0.1) is 6.04 Å². The van der Waals surface area contributed by atoms with E-state index in [1.807, 2.05) is 24.3 Å². The number of aryl methyl sites for hydroxylation is 1. The number of carbonyl (C=O) groups is 2. The topological polar surface area (TPSA) is 73.9 Å². The molecule has 6 nitrogen and oxygen atoms in total. The molecule has 0 saturated carbocycles. The number of esters is 1. The van der Waals surface area contributed by atoms with Gasteiger partial charge in [-0.1, -0.05) is 36.4 Å². The third-order valence-electron chi connectivity index (χ3n) is 5.12. The highest BCUT2D eigenvalue weighted by atomic mass is 16.6. The second-order valence-electron chi connectivity index (χ2n) is 7.10. The van der Waals surface area contributed by atoms with E-state index >= 15 is 0 Å². The monoisotopic (exact) mass is 381 g/mol. The molecule has 146 valence electrons. The third-order valence-corrected chi connectivity index (χ3v) is 5.12. The van der Waals surface area contributed by atoms with E-state index in [0.717, 1.165) is 24.8 Å². The molecule has 1 aliphatic heterocycles. The van der Waals surface area contributed by atoms with Crippen molar-refractivity contribution in [3.8, 4) is 11.5 Å². The van der Waals surface area contributed by atoms with Crippen LogP contribution in [0.5, 0.6) is 11.5 Å². The molecule has 2 aromatic carbocycles. The first-order valence-corrected chi connectivity index (χ1v) is 9.59. The molecule has 4 rings (SSSR count). The largest absolute Gasteiger partial charge is 0.485 e. The number of carbonyl (C=O) groups excluding carboxylic acids is 2. The lowest BCUT2D eigenvalue weighted by molar-refractivity contribution is -0.163. The fourth-order valence-corrected chi connectivity index (χ4v) is 3.63. The van der Waals surface area contributed by atoms with Crippen molar-refractivity contribution < 1.29 is 23.8 Å². The first-order valence-electron chi connectivity index (χ1n) is 9.59. The number of ether oxygens (including phenoxy) is 3. The molecule has 0 spiro atoms. The van der Waals surface area contributed by atoms with Crippen LogP contribution >= 0.6 is 0 Å². The maximum Gasteiger partial charge on any atom is 0.351 e. The lowest BCUT2D eigenvalue weighted by Gasteiger charge is -2.28. The summed E-state index contributed by atoms with van der Waals surface area (Å²) < 4.78 is 16.5. The van der Waals surface area contributed by atoms with Gasteiger partial charge in [-0.2, -0.15) is 0 Å². The summed E-state index contributed by atoms with van der Waals surface area (Å²) in [5, 5.41) is 3.01. The molecule has 0 fully saturated rings. The minimum absolute atomic E-state index is 0.0557. The average molecular weight is 381 g/mol. The minimum Gasteiger partial charge on any atom is -0.485 e. The maximum atomic E-state index is 12.6. The highest BCUT2D eigenvalue weighted by molar-refractivity contribution is 5.85. The lowest BCUT2D eigenvalue weighted by Crippen LogP contribution is -2.43. The van der Waals surface area contributed by atoms with Crippen molar-refractivity contribution in [1.82, 2.24) is 5.32 Å². The van der Waals surface area contributed by atoms with Crippen molar-refractivity contribution in [2.24, 2.45) is 0 Å². The Morgan fingerprint density at radius 1 is 1.11 bits per heavy atom. The predicted octanol–water partition coefficient (Wildman–Crippen LogP) is 2.95. The number of fused-ring (bicyclic) bond motifs is 2. The molecule has 0 bridgehead atoms. The van der Waals surface area contributed by atoms with E-state index in [4.69, 9.17) is 14.2 Å². The molecule has 1 N–H and O–H groups in total. The third kappa shape index (κ3) is 3.81. The Kier molecular flexibility index (Phi) is 5.19. The Morgan fingerprint density at radius 2 is 1.86 bits per heavy atom. The van der Waals surface area contributed by atoms with Gasteiger partial charge in [-0.05, 0) is 49.4 Å². The summed E-state index contributed by atoms with van der Waals surface area (Å²) in [5.41, 5.74) is 2.40. The van der Waals surface area contributed by atoms with Crippen molar-refractivity contribution in [3.05, 3.63) is 59.7 Å². The highest BCUT2D eigenvalue weighted by Crippen LogP contribution is 2.31. The first-order chi connectivity index (χ1) is 13.6. The van der Waals surface area contributed by atoms with E-state index in [-0.39, 0.29) is 18.6 Å². The van der Waals surface area contributed by atoms with Crippen LogP contribution in [0.2, 0.25) is 0 Å². The molecular weight excluding hydrogens is 358 g/mol. The Hall–Kier alpha value is -3.02. The van der Waals surface area contributed by atoms with Crippen LogP contribution in [0.15, 0.2) is 48.5 Å². The molecule has 2 aliphatic rings. The maximum absolute atomic E-state index is 12.6. The van der Waals surface area contributed by atoms with Crippen LogP contribution in [0.4, 0.5) is 0 Å². The summed E-state index contributed by atoms with van der Waals surface area (Å²) in [4.78, 5) is 25.0. The van der Waals surface area contributed by atoms with Crippen LogP contribution < -0.4 is 14.8 Å². The smallest absolute Gasteiger partial charge is 0.351 e. The molecule has 6 heteroatoms. The Morgan fingerprint density at radius 3 is 2.71 bits per heavy atom. The summed E-state index contributed by atoms with van der Waals surface area (Å²) >= 11 is 0. The van der Waals surface area contributed by atoms with E-state index in [2.05, 4.69) is 11.4 Å². The van der Waals surface area contributed by atoms with E-state index in [1.165, 1.54) is 5.56 Å². The number of nitrogens with one attached hydrogen (secondary N) is 1. The number of hydrogen-bond donors (Lipinski definition) is 1. The summed E-state index contributed by atoms with van der Waals surface area (Å²) in [7, 11) is 0. The van der Waals surface area contributed by atoms with Crippen molar-refractivity contribution >= 4 is 11.9 Å². The number of benzene rings is 2. The molecule has 0 aromatic heterocycles. The number of hydrogen-bond acceptors (Lipinski definition) is 5. The second-order valence-corrected chi connectivity index (χ2v) is 7.10. The normalized spacial score (nSPS) is 21.2. The van der Waals surface area contributed by atoms with Gasteiger partial charge in [0.1, 0.15) is 6.61 Å². The Balaban J connectivity index is 1.34. The number of amides is 1. The summed E-state index contributed by atoms with van der Waals surface area (Å²) in [6, 6.07) is 15.2. The SMILES string of the molecule is C[C@@H](OC(=O)[C@@H]1COc2ccccc2O1)C(=O)N[C@H]1CCCc2ccccc21. The standard InChI is InChI=1S/C22H23NO5/c1-14(21(24)23-17-10-6-8-15-7-2-3-9-16(15)17)27-22(25)20-13-26-18-11-4-5-12-19(18)28-20/h2-5,7,9,11-12,14,17,20H,6,8,10,13H2,1H3,(H,23,24)/t14-,17+,20+/m1/s1. The van der Waals surface area contributed by atoms with Crippen molar-refractivity contribution in [2.75, 3.05) is 6.61 Å². The molecule has 1 heterocycles. The van der Waals surface area contributed by atoms with Gasteiger partial charge in [0.2, 0.25) is 6.10 Å². The molecule has 0 radical (unpaired) electrons. The summed E-state index contributed by atoms with van der Waals surface area (Å²) in [6.45, 7) is 1.62. The van der Waals surface area contributed by atoms with Crippen LogP contribution in [-0.2, 0) is 20.7 Å². The van der Waals surface area contributed by atoms with Crippen molar-refractivity contribution in [2.45, 2.75) is 44.4 Å². The van der Waals surface area contributed by atoms with Crippen molar-refractivity contribution in [3.63, 3.8) is 0 Å². The van der Waals surface area contributed by atoms with Gasteiger partial charge in [0.15, 0.2) is 17.6 Å². The summed E-state index contributed by atoms with van der Waals surface area (Å²) in [5.74, 6) is 0.160. The fraction of sp³-hybridized carbons (Fsp3) is 0.364. The highest BCUT2D eigenvalue weighted by Gasteiger charge is 2.32. The Bertz CT molecular complexity index is 881. The van der Waals surface area contributed by atoms with Crippen LogP contribution in [0, 0.1) is 0 Å². The molecule has 28 heavy (non-hydrogen) atoms. The van der Waals surface area contributed by atoms with Gasteiger partial charge in [0.25, 0.3) is 5.91 Å². The van der Waals surface area contributed by atoms with Gasteiger partial charge in [-0.25, -0.2) is 4.79 Å². The van der Waals surface area contributed by atoms with Crippen molar-refractivity contribution in [1.29, 1.82) is 0 Å². The zero-order valence-electron chi connectivity index (χ0n) is 15.7. The second kappa shape index (κ2) is 7.92. The quantitative estimate of drug-likeness (QED) is 0.825. The van der Waals surface area contributed by atoms with Crippen LogP contribution in [0.3, 0.4) is 0 Å². The van der Waals surface area contributed by atoms with Gasteiger partial charge in [-0.3, -0.25) is 4.79 Å². The zero-order valence-corrected chi connectivity index (χ0v) is 15.7. The minimum atomic E-state index is -0.914. The zero-order chi connectivity index (χ0) is 19.5.